The summed E-state index contributed by atoms with van der Waals surface area (Å²) in [6.07, 6.45) is 3.86. The molecule has 2 aliphatic heterocycles. The van der Waals surface area contributed by atoms with Gasteiger partial charge in [-0.2, -0.15) is 0 Å². The van der Waals surface area contributed by atoms with Crippen LogP contribution in [0, 0.1) is 0 Å². The summed E-state index contributed by atoms with van der Waals surface area (Å²) < 4.78 is 0. The minimum atomic E-state index is 0. The minimum absolute atomic E-state index is 0. The van der Waals surface area contributed by atoms with E-state index in [-0.39, 0.29) is 18.3 Å². The molecule has 4 rings (SSSR count). The molecule has 2 aliphatic rings. The number of likely N-dealkylation sites (tertiary alicyclic amines) is 1. The van der Waals surface area contributed by atoms with Crippen LogP contribution in [-0.4, -0.2) is 49.3 Å². The summed E-state index contributed by atoms with van der Waals surface area (Å²) in [6, 6.07) is 17.7. The fraction of sp³-hybridized carbons (Fsp3) is 0.435. The summed E-state index contributed by atoms with van der Waals surface area (Å²) in [5.74, 6) is 1.28. The van der Waals surface area contributed by atoms with Crippen molar-refractivity contribution in [3.8, 4) is 0 Å². The molecule has 0 aromatic heterocycles. The van der Waals surface area contributed by atoms with Crippen molar-refractivity contribution in [2.45, 2.75) is 36.6 Å². The highest BCUT2D eigenvalue weighted by molar-refractivity contribution is 7.99. The molecule has 0 aliphatic carbocycles. The van der Waals surface area contributed by atoms with E-state index in [4.69, 9.17) is 0 Å². The number of amides is 1. The van der Waals surface area contributed by atoms with E-state index in [2.05, 4.69) is 70.7 Å². The molecule has 4 nitrogen and oxygen atoms in total. The smallest absolute Gasteiger partial charge is 0.224 e. The second kappa shape index (κ2) is 10.4. The van der Waals surface area contributed by atoms with Gasteiger partial charge in [-0.25, -0.2) is 0 Å². The van der Waals surface area contributed by atoms with E-state index in [1.165, 1.54) is 42.1 Å². The molecule has 1 saturated heterocycles. The second-order valence-electron chi connectivity index (χ2n) is 7.73. The summed E-state index contributed by atoms with van der Waals surface area (Å²) in [4.78, 5) is 17.9. The van der Waals surface area contributed by atoms with Crippen LogP contribution in [0.5, 0.6) is 0 Å². The van der Waals surface area contributed by atoms with E-state index in [0.717, 1.165) is 24.4 Å². The largest absolute Gasteiger partial charge is 0.372 e. The molecule has 6 heteroatoms. The molecule has 2 aromatic carbocycles. The number of anilines is 2. The number of piperidine rings is 1. The van der Waals surface area contributed by atoms with Gasteiger partial charge >= 0.3 is 0 Å². The highest BCUT2D eigenvalue weighted by Crippen LogP contribution is 2.29. The van der Waals surface area contributed by atoms with E-state index in [0.29, 0.717) is 12.5 Å². The lowest BCUT2D eigenvalue weighted by molar-refractivity contribution is -0.116. The Kier molecular flexibility index (Phi) is 7.87. The number of halogens is 1. The molecule has 0 radical (unpaired) electrons. The van der Waals surface area contributed by atoms with Gasteiger partial charge in [0.1, 0.15) is 0 Å². The summed E-state index contributed by atoms with van der Waals surface area (Å²) >= 11 is 1.95. The Morgan fingerprint density at radius 2 is 1.86 bits per heavy atom. The van der Waals surface area contributed by atoms with Crippen LogP contribution in [0.3, 0.4) is 0 Å². The fourth-order valence-corrected chi connectivity index (χ4v) is 5.07. The van der Waals surface area contributed by atoms with Crippen molar-refractivity contribution in [1.29, 1.82) is 0 Å². The Labute approximate surface area is 184 Å². The van der Waals surface area contributed by atoms with Gasteiger partial charge in [0.05, 0.1) is 0 Å². The van der Waals surface area contributed by atoms with Crippen molar-refractivity contribution in [3.05, 3.63) is 54.1 Å². The highest BCUT2D eigenvalue weighted by Gasteiger charge is 2.23. The molecule has 0 bridgehead atoms. The van der Waals surface area contributed by atoms with Gasteiger partial charge in [0, 0.05) is 61.2 Å². The van der Waals surface area contributed by atoms with Crippen LogP contribution in [0.2, 0.25) is 0 Å². The third-order valence-electron chi connectivity index (χ3n) is 5.92. The van der Waals surface area contributed by atoms with Crippen LogP contribution >= 0.6 is 24.2 Å². The van der Waals surface area contributed by atoms with Gasteiger partial charge in [0.2, 0.25) is 5.91 Å². The van der Waals surface area contributed by atoms with Crippen LogP contribution in [0.4, 0.5) is 11.4 Å². The predicted molar refractivity (Wildman–Crippen MR) is 126 cm³/mol. The number of fused-ring (bicyclic) bond motifs is 1. The molecule has 29 heavy (non-hydrogen) atoms. The number of hydrogen-bond donors (Lipinski definition) is 1. The zero-order valence-corrected chi connectivity index (χ0v) is 18.6. The number of nitrogens with zero attached hydrogens (tertiary/aromatic N) is 2. The molecule has 0 saturated carbocycles. The Balaban J connectivity index is 0.00000240. The number of hydrogen-bond acceptors (Lipinski definition) is 4. The summed E-state index contributed by atoms with van der Waals surface area (Å²) in [5.41, 5.74) is 3.52. The lowest BCUT2D eigenvalue weighted by Crippen LogP contribution is -2.44. The predicted octanol–water partition coefficient (Wildman–Crippen LogP) is 4.69. The van der Waals surface area contributed by atoms with E-state index in [1.807, 2.05) is 11.8 Å². The van der Waals surface area contributed by atoms with Crippen LogP contribution in [0.25, 0.3) is 0 Å². The monoisotopic (exact) mass is 431 g/mol. The summed E-state index contributed by atoms with van der Waals surface area (Å²) in [6.45, 7) is 3.51. The minimum Gasteiger partial charge on any atom is -0.372 e. The van der Waals surface area contributed by atoms with E-state index >= 15 is 0 Å². The normalized spacial score (nSPS) is 17.2. The molecule has 1 N–H and O–H groups in total. The summed E-state index contributed by atoms with van der Waals surface area (Å²) in [7, 11) is 2.22. The van der Waals surface area contributed by atoms with Crippen LogP contribution < -0.4 is 10.2 Å². The van der Waals surface area contributed by atoms with Crippen molar-refractivity contribution >= 4 is 41.5 Å². The maximum atomic E-state index is 11.6. The number of benzene rings is 2. The van der Waals surface area contributed by atoms with E-state index < -0.39 is 0 Å². The van der Waals surface area contributed by atoms with Crippen molar-refractivity contribution in [2.24, 2.45) is 0 Å². The zero-order valence-electron chi connectivity index (χ0n) is 17.0. The van der Waals surface area contributed by atoms with Gasteiger partial charge in [-0.1, -0.05) is 18.2 Å². The van der Waals surface area contributed by atoms with Crippen molar-refractivity contribution in [1.82, 2.24) is 4.90 Å². The number of aryl methyl sites for hydroxylation is 1. The molecule has 156 valence electrons. The molecule has 0 spiro atoms. The second-order valence-corrected chi connectivity index (χ2v) is 8.90. The van der Waals surface area contributed by atoms with Gasteiger partial charge in [-0.05, 0) is 55.2 Å². The number of rotatable bonds is 6. The Morgan fingerprint density at radius 1 is 1.10 bits per heavy atom. The molecule has 0 unspecified atom stereocenters. The van der Waals surface area contributed by atoms with Crippen LogP contribution in [0.1, 0.15) is 24.8 Å². The standard InChI is InChI=1S/C23H29N3OS.ClH/c1-25(20-8-9-22-18(17-20)7-10-23(27)24-22)19-11-13-26(14-12-19)15-16-28-21-5-3-2-4-6-21;/h2-6,8-9,17,19H,7,10-16H2,1H3,(H,24,27);1H. The Hall–Kier alpha value is -1.69. The van der Waals surface area contributed by atoms with E-state index in [1.54, 1.807) is 0 Å². The molecule has 1 fully saturated rings. The average molecular weight is 432 g/mol. The third kappa shape index (κ3) is 5.68. The Bertz CT molecular complexity index is 809. The number of carbonyl (C=O) groups excluding carboxylic acids is 1. The maximum Gasteiger partial charge on any atom is 0.224 e. The van der Waals surface area contributed by atoms with Crippen molar-refractivity contribution in [2.75, 3.05) is 42.7 Å². The fourth-order valence-electron chi connectivity index (χ4n) is 4.14. The first-order valence-corrected chi connectivity index (χ1v) is 11.2. The first kappa shape index (κ1) is 22.0. The number of nitrogens with one attached hydrogen (secondary N) is 1. The van der Waals surface area contributed by atoms with Crippen molar-refractivity contribution in [3.63, 3.8) is 0 Å². The SMILES string of the molecule is CN(c1ccc2c(c1)CCC(=O)N2)C1CCN(CCSc2ccccc2)CC1.Cl. The Morgan fingerprint density at radius 3 is 2.62 bits per heavy atom. The third-order valence-corrected chi connectivity index (χ3v) is 6.91. The molecular weight excluding hydrogens is 402 g/mol. The molecule has 0 atom stereocenters. The maximum absolute atomic E-state index is 11.6. The van der Waals surface area contributed by atoms with Gasteiger partial charge in [0.25, 0.3) is 0 Å². The van der Waals surface area contributed by atoms with Gasteiger partial charge in [-0.3, -0.25) is 4.79 Å². The lowest BCUT2D eigenvalue weighted by Gasteiger charge is -2.38. The molecule has 2 aromatic rings. The van der Waals surface area contributed by atoms with Gasteiger partial charge in [0.15, 0.2) is 0 Å². The number of thioether (sulfide) groups is 1. The number of carbonyl (C=O) groups is 1. The summed E-state index contributed by atoms with van der Waals surface area (Å²) in [5, 5.41) is 2.98. The highest BCUT2D eigenvalue weighted by atomic mass is 35.5. The lowest BCUT2D eigenvalue weighted by atomic mass is 9.99. The average Bonchev–Trinajstić information content (AvgIpc) is 2.74. The molecule has 2 heterocycles. The zero-order chi connectivity index (χ0) is 19.3. The van der Waals surface area contributed by atoms with Gasteiger partial charge < -0.3 is 15.1 Å². The van der Waals surface area contributed by atoms with Crippen LogP contribution in [-0.2, 0) is 11.2 Å². The quantitative estimate of drug-likeness (QED) is 0.673. The molecular formula is C23H30ClN3OS. The van der Waals surface area contributed by atoms with E-state index in [9.17, 15) is 4.79 Å². The first-order chi connectivity index (χ1) is 13.7. The van der Waals surface area contributed by atoms with Crippen molar-refractivity contribution < 1.29 is 4.79 Å². The van der Waals surface area contributed by atoms with Crippen LogP contribution in [0.15, 0.2) is 53.4 Å². The van der Waals surface area contributed by atoms with Gasteiger partial charge in [-0.15, -0.1) is 24.2 Å². The topological polar surface area (TPSA) is 35.6 Å². The molecule has 1 amide bonds. The first-order valence-electron chi connectivity index (χ1n) is 10.2.